The van der Waals surface area contributed by atoms with Gasteiger partial charge in [0.05, 0.1) is 11.1 Å². The Morgan fingerprint density at radius 2 is 1.04 bits per heavy atom. The van der Waals surface area contributed by atoms with Crippen molar-refractivity contribution in [3.63, 3.8) is 0 Å². The van der Waals surface area contributed by atoms with Crippen molar-refractivity contribution in [2.75, 3.05) is 0 Å². The molecule has 0 aromatic heterocycles. The predicted octanol–water partition coefficient (Wildman–Crippen LogP) is 4.72. The van der Waals surface area contributed by atoms with Gasteiger partial charge in [0.2, 0.25) is 0 Å². The maximum atomic E-state index is 12.5. The van der Waals surface area contributed by atoms with Crippen LogP contribution in [0.5, 0.6) is 11.5 Å². The summed E-state index contributed by atoms with van der Waals surface area (Å²) in [5, 5.41) is 0. The first kappa shape index (κ1) is 17.0. The van der Waals surface area contributed by atoms with Crippen LogP contribution in [0.4, 0.5) is 26.3 Å². The lowest BCUT2D eigenvalue weighted by Gasteiger charge is -2.11. The molecule has 23 heavy (non-hydrogen) atoms. The zero-order valence-corrected chi connectivity index (χ0v) is 11.3. The highest BCUT2D eigenvalue weighted by atomic mass is 19.4. The van der Waals surface area contributed by atoms with Gasteiger partial charge in [0.1, 0.15) is 11.5 Å². The van der Waals surface area contributed by atoms with E-state index >= 15 is 0 Å². The molecular weight excluding hydrogens is 325 g/mol. The molecule has 0 atom stereocenters. The van der Waals surface area contributed by atoms with Gasteiger partial charge in [-0.05, 0) is 36.4 Å². The average Bonchev–Trinajstić information content (AvgIpc) is 2.46. The lowest BCUT2D eigenvalue weighted by molar-refractivity contribution is -0.138. The largest absolute Gasteiger partial charge is 0.658 e. The standard InChI is InChI=1S/C14H8BF6O2/c16-13(17,18)9-3-1-5-11(7-9)22-15-23-12-6-2-4-10(8-12)14(19,20)21/h1-8H. The van der Waals surface area contributed by atoms with E-state index in [4.69, 9.17) is 9.31 Å². The molecule has 0 spiro atoms. The van der Waals surface area contributed by atoms with Gasteiger partial charge < -0.3 is 9.31 Å². The van der Waals surface area contributed by atoms with Crippen LogP contribution in [-0.4, -0.2) is 7.69 Å². The van der Waals surface area contributed by atoms with E-state index in [1.807, 2.05) is 0 Å². The molecule has 2 nitrogen and oxygen atoms in total. The molecule has 9 heteroatoms. The number of hydrogen-bond donors (Lipinski definition) is 0. The van der Waals surface area contributed by atoms with E-state index in [2.05, 4.69) is 0 Å². The fourth-order valence-corrected chi connectivity index (χ4v) is 1.63. The lowest BCUT2D eigenvalue weighted by Crippen LogP contribution is -2.13. The topological polar surface area (TPSA) is 18.5 Å². The van der Waals surface area contributed by atoms with Crippen LogP contribution in [0.15, 0.2) is 48.5 Å². The van der Waals surface area contributed by atoms with Crippen molar-refractivity contribution in [2.45, 2.75) is 12.4 Å². The van der Waals surface area contributed by atoms with Crippen LogP contribution in [0.25, 0.3) is 0 Å². The molecule has 0 heterocycles. The number of rotatable bonds is 4. The second-order valence-corrected chi connectivity index (χ2v) is 4.38. The molecule has 2 aromatic rings. The summed E-state index contributed by atoms with van der Waals surface area (Å²) < 4.78 is 84.7. The van der Waals surface area contributed by atoms with Crippen molar-refractivity contribution < 1.29 is 35.7 Å². The summed E-state index contributed by atoms with van der Waals surface area (Å²) >= 11 is 0. The Morgan fingerprint density at radius 1 is 0.652 bits per heavy atom. The smallest absolute Gasteiger partial charge is 0.526 e. The van der Waals surface area contributed by atoms with E-state index in [1.165, 1.54) is 12.1 Å². The first-order valence-corrected chi connectivity index (χ1v) is 6.16. The Balaban J connectivity index is 1.98. The third-order valence-electron chi connectivity index (χ3n) is 2.69. The quantitative estimate of drug-likeness (QED) is 0.596. The molecule has 2 rings (SSSR count). The van der Waals surface area contributed by atoms with E-state index in [0.717, 1.165) is 36.4 Å². The molecule has 0 bridgehead atoms. The highest BCUT2D eigenvalue weighted by Crippen LogP contribution is 2.32. The zero-order chi connectivity index (χ0) is 17.1. The van der Waals surface area contributed by atoms with Gasteiger partial charge in [-0.2, -0.15) is 26.3 Å². The summed E-state index contributed by atoms with van der Waals surface area (Å²) in [6.45, 7) is 0. The van der Waals surface area contributed by atoms with Crippen LogP contribution >= 0.6 is 0 Å². The highest BCUT2D eigenvalue weighted by Gasteiger charge is 2.31. The van der Waals surface area contributed by atoms with Gasteiger partial charge in [-0.1, -0.05) is 12.1 Å². The minimum absolute atomic E-state index is 0.160. The molecule has 0 saturated carbocycles. The Morgan fingerprint density at radius 3 is 1.39 bits per heavy atom. The molecule has 0 fully saturated rings. The summed E-state index contributed by atoms with van der Waals surface area (Å²) in [7, 11) is 0.658. The molecule has 0 unspecified atom stereocenters. The van der Waals surface area contributed by atoms with Crippen LogP contribution in [0.2, 0.25) is 0 Å². The fourth-order valence-electron chi connectivity index (χ4n) is 1.63. The summed E-state index contributed by atoms with van der Waals surface area (Å²) in [6.07, 6.45) is -9.05. The van der Waals surface area contributed by atoms with Crippen LogP contribution in [0, 0.1) is 0 Å². The van der Waals surface area contributed by atoms with Gasteiger partial charge in [-0.25, -0.2) is 0 Å². The molecule has 0 aliphatic carbocycles. The van der Waals surface area contributed by atoms with E-state index in [9.17, 15) is 26.3 Å². The van der Waals surface area contributed by atoms with Gasteiger partial charge in [-0.3, -0.25) is 0 Å². The highest BCUT2D eigenvalue weighted by molar-refractivity contribution is 6.20. The Bertz CT molecular complexity index is 611. The summed E-state index contributed by atoms with van der Waals surface area (Å²) in [6, 6.07) is 7.98. The number of hydrogen-bond acceptors (Lipinski definition) is 2. The van der Waals surface area contributed by atoms with Crippen molar-refractivity contribution in [3.05, 3.63) is 59.7 Å². The third kappa shape index (κ3) is 4.83. The second-order valence-electron chi connectivity index (χ2n) is 4.38. The van der Waals surface area contributed by atoms with Crippen LogP contribution in [0.1, 0.15) is 11.1 Å². The second kappa shape index (κ2) is 6.43. The average molecular weight is 333 g/mol. The summed E-state index contributed by atoms with van der Waals surface area (Å²) in [4.78, 5) is 0. The monoisotopic (exact) mass is 333 g/mol. The Labute approximate surface area is 127 Å². The molecule has 0 aliphatic rings. The molecule has 0 N–H and O–H groups in total. The van der Waals surface area contributed by atoms with Gasteiger partial charge in [0.25, 0.3) is 0 Å². The predicted molar refractivity (Wildman–Crippen MR) is 69.9 cm³/mol. The molecular formula is C14H8BF6O2. The summed E-state index contributed by atoms with van der Waals surface area (Å²) in [5.74, 6) is -0.321. The molecule has 1 radical (unpaired) electrons. The van der Waals surface area contributed by atoms with Crippen LogP contribution in [0.3, 0.4) is 0 Å². The van der Waals surface area contributed by atoms with Gasteiger partial charge in [0, 0.05) is 0 Å². The van der Waals surface area contributed by atoms with E-state index in [1.54, 1.807) is 0 Å². The normalized spacial score (nSPS) is 11.9. The third-order valence-corrected chi connectivity index (χ3v) is 2.69. The van der Waals surface area contributed by atoms with E-state index in [0.29, 0.717) is 7.69 Å². The van der Waals surface area contributed by atoms with Crippen molar-refractivity contribution >= 4 is 7.69 Å². The lowest BCUT2D eigenvalue weighted by atomic mass is 10.2. The van der Waals surface area contributed by atoms with Gasteiger partial charge >= 0.3 is 20.0 Å². The van der Waals surface area contributed by atoms with E-state index < -0.39 is 23.5 Å². The SMILES string of the molecule is FC(F)(F)c1cccc(O[B]Oc2cccc(C(F)(F)F)c2)c1. The maximum Gasteiger partial charge on any atom is 0.658 e. The summed E-state index contributed by atoms with van der Waals surface area (Å²) in [5.41, 5.74) is -1.83. The molecule has 121 valence electrons. The van der Waals surface area contributed by atoms with Crippen molar-refractivity contribution in [3.8, 4) is 11.5 Å². The minimum atomic E-state index is -4.53. The first-order chi connectivity index (χ1) is 10.7. The molecule has 0 aliphatic heterocycles. The van der Waals surface area contributed by atoms with Crippen molar-refractivity contribution in [1.29, 1.82) is 0 Å². The fraction of sp³-hybridized carbons (Fsp3) is 0.143. The minimum Gasteiger partial charge on any atom is -0.526 e. The maximum absolute atomic E-state index is 12.5. The first-order valence-electron chi connectivity index (χ1n) is 6.16. The molecule has 0 saturated heterocycles. The van der Waals surface area contributed by atoms with Gasteiger partial charge in [-0.15, -0.1) is 0 Å². The molecule has 2 aromatic carbocycles. The number of benzene rings is 2. The van der Waals surface area contributed by atoms with Crippen molar-refractivity contribution in [1.82, 2.24) is 0 Å². The Kier molecular flexibility index (Phi) is 4.77. The Hall–Kier alpha value is -2.32. The zero-order valence-electron chi connectivity index (χ0n) is 11.3. The number of alkyl halides is 6. The van der Waals surface area contributed by atoms with Crippen molar-refractivity contribution in [2.24, 2.45) is 0 Å². The van der Waals surface area contributed by atoms with Gasteiger partial charge in [0.15, 0.2) is 0 Å². The van der Waals surface area contributed by atoms with Crippen LogP contribution < -0.4 is 9.31 Å². The van der Waals surface area contributed by atoms with E-state index in [-0.39, 0.29) is 11.5 Å². The van der Waals surface area contributed by atoms with Crippen LogP contribution in [-0.2, 0) is 12.4 Å². The molecule has 0 amide bonds. The number of halogens is 6.